The fraction of sp³-hybridized carbons (Fsp3) is 0.200. The fourth-order valence-corrected chi connectivity index (χ4v) is 2.38. The van der Waals surface area contributed by atoms with Crippen LogP contribution in [0, 0.1) is 0 Å². The van der Waals surface area contributed by atoms with Crippen LogP contribution in [-0.2, 0) is 6.42 Å². The number of aliphatic hydroxyl groups is 1. The van der Waals surface area contributed by atoms with Gasteiger partial charge in [-0.1, -0.05) is 12.1 Å². The molecule has 4 N–H and O–H groups in total. The van der Waals surface area contributed by atoms with Gasteiger partial charge in [-0.15, -0.1) is 0 Å². The first-order valence-electron chi connectivity index (χ1n) is 6.23. The van der Waals surface area contributed by atoms with E-state index >= 15 is 0 Å². The normalized spacial score (nSPS) is 21.1. The lowest BCUT2D eigenvalue weighted by atomic mass is 9.94. The first-order valence-corrected chi connectivity index (χ1v) is 6.23. The number of aliphatic hydroxyl groups excluding tert-OH is 1. The molecule has 1 aliphatic heterocycles. The van der Waals surface area contributed by atoms with Crippen molar-refractivity contribution in [1.29, 1.82) is 0 Å². The second-order valence-corrected chi connectivity index (χ2v) is 4.85. The highest BCUT2D eigenvalue weighted by atomic mass is 16.5. The minimum absolute atomic E-state index is 0.0902. The molecule has 1 aliphatic rings. The Labute approximate surface area is 115 Å². The molecular formula is C15H14O5. The second-order valence-electron chi connectivity index (χ2n) is 4.85. The number of rotatable bonds is 1. The maximum absolute atomic E-state index is 10.2. The topological polar surface area (TPSA) is 90.2 Å². The van der Waals surface area contributed by atoms with Gasteiger partial charge in [-0.2, -0.15) is 0 Å². The third-order valence-electron chi connectivity index (χ3n) is 3.41. The van der Waals surface area contributed by atoms with E-state index < -0.39 is 12.2 Å². The van der Waals surface area contributed by atoms with Gasteiger partial charge in [0, 0.05) is 12.5 Å². The molecule has 1 heterocycles. The first-order chi connectivity index (χ1) is 9.54. The molecule has 0 saturated heterocycles. The van der Waals surface area contributed by atoms with Crippen LogP contribution < -0.4 is 4.74 Å². The van der Waals surface area contributed by atoms with Gasteiger partial charge in [-0.25, -0.2) is 0 Å². The predicted octanol–water partition coefficient (Wildman–Crippen LogP) is 1.84. The number of fused-ring (bicyclic) bond motifs is 1. The van der Waals surface area contributed by atoms with E-state index in [9.17, 15) is 20.4 Å². The predicted molar refractivity (Wildman–Crippen MR) is 71.0 cm³/mol. The third kappa shape index (κ3) is 2.12. The van der Waals surface area contributed by atoms with Crippen LogP contribution in [0.15, 0.2) is 36.4 Å². The summed E-state index contributed by atoms with van der Waals surface area (Å²) in [5, 5.41) is 38.5. The SMILES string of the molecule is Oc1ccc2c(c1)O[C@@H](c1ccc(O)c(O)c1)[C@@H](O)C2. The Morgan fingerprint density at radius 3 is 2.50 bits per heavy atom. The molecule has 3 rings (SSSR count). The van der Waals surface area contributed by atoms with Crippen LogP contribution in [-0.4, -0.2) is 26.5 Å². The van der Waals surface area contributed by atoms with Gasteiger partial charge < -0.3 is 25.2 Å². The molecule has 0 radical (unpaired) electrons. The number of hydrogen-bond acceptors (Lipinski definition) is 5. The largest absolute Gasteiger partial charge is 0.508 e. The van der Waals surface area contributed by atoms with Crippen molar-refractivity contribution < 1.29 is 25.2 Å². The van der Waals surface area contributed by atoms with Crippen molar-refractivity contribution in [2.75, 3.05) is 0 Å². The molecule has 0 saturated carbocycles. The summed E-state index contributed by atoms with van der Waals surface area (Å²) in [7, 11) is 0. The van der Waals surface area contributed by atoms with Gasteiger partial charge in [0.2, 0.25) is 0 Å². The zero-order chi connectivity index (χ0) is 14.3. The highest BCUT2D eigenvalue weighted by Gasteiger charge is 2.30. The van der Waals surface area contributed by atoms with Crippen LogP contribution in [0.5, 0.6) is 23.0 Å². The zero-order valence-electron chi connectivity index (χ0n) is 10.5. The molecule has 0 amide bonds. The van der Waals surface area contributed by atoms with Gasteiger partial charge in [-0.05, 0) is 29.3 Å². The smallest absolute Gasteiger partial charge is 0.157 e. The lowest BCUT2D eigenvalue weighted by molar-refractivity contribution is 0.0205. The van der Waals surface area contributed by atoms with Crippen molar-refractivity contribution in [2.24, 2.45) is 0 Å². The van der Waals surface area contributed by atoms with E-state index in [-0.39, 0.29) is 17.2 Å². The van der Waals surface area contributed by atoms with Gasteiger partial charge in [0.25, 0.3) is 0 Å². The molecule has 104 valence electrons. The quantitative estimate of drug-likeness (QED) is 0.596. The standard InChI is InChI=1S/C15H14O5/c16-10-3-1-8-5-13(19)15(20-14(8)7-10)9-2-4-11(17)12(18)6-9/h1-4,6-7,13,15-19H,5H2/t13-,15-/m0/s1. The Bertz CT molecular complexity index is 653. The van der Waals surface area contributed by atoms with E-state index in [1.807, 2.05) is 0 Å². The molecule has 2 atom stereocenters. The molecule has 5 nitrogen and oxygen atoms in total. The Kier molecular flexibility index (Phi) is 2.91. The summed E-state index contributed by atoms with van der Waals surface area (Å²) in [4.78, 5) is 0. The van der Waals surface area contributed by atoms with Gasteiger partial charge in [-0.3, -0.25) is 0 Å². The van der Waals surface area contributed by atoms with E-state index in [2.05, 4.69) is 0 Å². The molecule has 0 bridgehead atoms. The summed E-state index contributed by atoms with van der Waals surface area (Å²) in [6.45, 7) is 0. The van der Waals surface area contributed by atoms with Crippen LogP contribution in [0.25, 0.3) is 0 Å². The van der Waals surface area contributed by atoms with Crippen LogP contribution in [0.2, 0.25) is 0 Å². The molecule has 0 spiro atoms. The number of hydrogen-bond donors (Lipinski definition) is 4. The molecule has 5 heteroatoms. The van der Waals surface area contributed by atoms with E-state index in [1.54, 1.807) is 18.2 Å². The lowest BCUT2D eigenvalue weighted by Crippen LogP contribution is -2.30. The van der Waals surface area contributed by atoms with Gasteiger partial charge in [0.15, 0.2) is 11.5 Å². The number of benzene rings is 2. The van der Waals surface area contributed by atoms with Gasteiger partial charge >= 0.3 is 0 Å². The summed E-state index contributed by atoms with van der Waals surface area (Å²) in [6.07, 6.45) is -1.03. The molecule has 0 aliphatic carbocycles. The van der Waals surface area contributed by atoms with Gasteiger partial charge in [0.05, 0.1) is 6.10 Å². The Hall–Kier alpha value is -2.40. The summed E-state index contributed by atoms with van der Waals surface area (Å²) >= 11 is 0. The lowest BCUT2D eigenvalue weighted by Gasteiger charge is -2.31. The van der Waals surface area contributed by atoms with Gasteiger partial charge in [0.1, 0.15) is 17.6 Å². The summed E-state index contributed by atoms with van der Waals surface area (Å²) in [6, 6.07) is 9.03. The van der Waals surface area contributed by atoms with E-state index in [0.29, 0.717) is 17.7 Å². The second kappa shape index (κ2) is 4.61. The van der Waals surface area contributed by atoms with Crippen LogP contribution in [0.4, 0.5) is 0 Å². The van der Waals surface area contributed by atoms with E-state index in [1.165, 1.54) is 18.2 Å². The van der Waals surface area contributed by atoms with Crippen LogP contribution in [0.3, 0.4) is 0 Å². The monoisotopic (exact) mass is 274 g/mol. The van der Waals surface area contributed by atoms with Crippen molar-refractivity contribution in [1.82, 2.24) is 0 Å². The number of aromatic hydroxyl groups is 3. The zero-order valence-corrected chi connectivity index (χ0v) is 10.5. The summed E-state index contributed by atoms with van der Waals surface area (Å²) in [5.41, 5.74) is 1.37. The maximum atomic E-state index is 10.2. The fourth-order valence-electron chi connectivity index (χ4n) is 2.38. The summed E-state index contributed by atoms with van der Waals surface area (Å²) < 4.78 is 5.70. The van der Waals surface area contributed by atoms with Crippen LogP contribution >= 0.6 is 0 Å². The Morgan fingerprint density at radius 2 is 1.75 bits per heavy atom. The molecule has 20 heavy (non-hydrogen) atoms. The van der Waals surface area contributed by atoms with Crippen molar-refractivity contribution in [2.45, 2.75) is 18.6 Å². The van der Waals surface area contributed by atoms with Crippen LogP contribution in [0.1, 0.15) is 17.2 Å². The molecule has 2 aromatic rings. The molecule has 0 unspecified atom stereocenters. The average molecular weight is 274 g/mol. The maximum Gasteiger partial charge on any atom is 0.157 e. The van der Waals surface area contributed by atoms with Crippen molar-refractivity contribution in [3.05, 3.63) is 47.5 Å². The molecule has 2 aromatic carbocycles. The number of phenolic OH excluding ortho intramolecular Hbond substituents is 3. The van der Waals surface area contributed by atoms with Crippen molar-refractivity contribution >= 4 is 0 Å². The average Bonchev–Trinajstić information content (AvgIpc) is 2.42. The highest BCUT2D eigenvalue weighted by Crippen LogP contribution is 2.38. The highest BCUT2D eigenvalue weighted by molar-refractivity contribution is 5.45. The first kappa shape index (κ1) is 12.6. The number of ether oxygens (including phenoxy) is 1. The molecular weight excluding hydrogens is 260 g/mol. The summed E-state index contributed by atoms with van der Waals surface area (Å²) in [5.74, 6) is 0.109. The van der Waals surface area contributed by atoms with Crippen molar-refractivity contribution in [3.8, 4) is 23.0 Å². The molecule has 0 fully saturated rings. The van der Waals surface area contributed by atoms with E-state index in [4.69, 9.17) is 4.74 Å². The number of phenols is 3. The Morgan fingerprint density at radius 1 is 0.950 bits per heavy atom. The minimum atomic E-state index is -0.768. The third-order valence-corrected chi connectivity index (χ3v) is 3.41. The minimum Gasteiger partial charge on any atom is -0.508 e. The van der Waals surface area contributed by atoms with Crippen molar-refractivity contribution in [3.63, 3.8) is 0 Å². The van der Waals surface area contributed by atoms with E-state index in [0.717, 1.165) is 5.56 Å². The molecule has 0 aromatic heterocycles. The Balaban J connectivity index is 1.97.